The first-order valence-electron chi connectivity index (χ1n) is 10.5. The van der Waals surface area contributed by atoms with Gasteiger partial charge in [0.25, 0.3) is 0 Å². The van der Waals surface area contributed by atoms with Crippen LogP contribution in [0, 0.1) is 0 Å². The van der Waals surface area contributed by atoms with E-state index < -0.39 is 0 Å². The van der Waals surface area contributed by atoms with Gasteiger partial charge < -0.3 is 20.1 Å². The molecule has 0 aliphatic rings. The molecular weight excluding hydrogens is 444 g/mol. The number of halogens is 1. The highest BCUT2D eigenvalue weighted by atomic mass is 35.5. The summed E-state index contributed by atoms with van der Waals surface area (Å²) in [6.07, 6.45) is 4.82. The maximum Gasteiger partial charge on any atom is 0.219 e. The third-order valence-electron chi connectivity index (χ3n) is 4.53. The molecule has 0 radical (unpaired) electrons. The summed E-state index contributed by atoms with van der Waals surface area (Å²) in [5.41, 5.74) is 0.782. The molecule has 33 heavy (non-hydrogen) atoms. The molecule has 0 atom stereocenters. The van der Waals surface area contributed by atoms with Gasteiger partial charge in [0.05, 0.1) is 24.5 Å². The van der Waals surface area contributed by atoms with Crippen molar-refractivity contribution in [2.24, 2.45) is 0 Å². The van der Waals surface area contributed by atoms with Crippen LogP contribution in [0.1, 0.15) is 20.8 Å². The van der Waals surface area contributed by atoms with Crippen molar-refractivity contribution in [1.82, 2.24) is 35.3 Å². The molecule has 0 aliphatic carbocycles. The maximum atomic E-state index is 5.93. The number of anilines is 2. The number of benzene rings is 1. The number of pyridine rings is 1. The number of ether oxygens (including phenoxy) is 2. The van der Waals surface area contributed by atoms with Gasteiger partial charge >= 0.3 is 0 Å². The fourth-order valence-electron chi connectivity index (χ4n) is 2.98. The number of hydrogen-bond acceptors (Lipinski definition) is 9. The Morgan fingerprint density at radius 3 is 2.61 bits per heavy atom. The van der Waals surface area contributed by atoms with Crippen molar-refractivity contribution in [2.75, 3.05) is 18.5 Å². The van der Waals surface area contributed by atoms with Crippen LogP contribution in [0.3, 0.4) is 0 Å². The molecule has 3 heterocycles. The number of fused-ring (bicyclic) bond motifs is 1. The van der Waals surface area contributed by atoms with Gasteiger partial charge in [0.15, 0.2) is 5.82 Å². The second kappa shape index (κ2) is 11.4. The van der Waals surface area contributed by atoms with E-state index in [1.54, 1.807) is 23.3 Å². The van der Waals surface area contributed by atoms with Crippen molar-refractivity contribution >= 4 is 34.9 Å². The Morgan fingerprint density at radius 2 is 1.88 bits per heavy atom. The van der Waals surface area contributed by atoms with E-state index in [0.717, 1.165) is 17.4 Å². The monoisotopic (exact) mass is 470 g/mol. The summed E-state index contributed by atoms with van der Waals surface area (Å²) < 4.78 is 11.6. The van der Waals surface area contributed by atoms with E-state index in [1.807, 2.05) is 31.2 Å². The van der Waals surface area contributed by atoms with Gasteiger partial charge in [-0.1, -0.05) is 13.8 Å². The molecule has 10 nitrogen and oxygen atoms in total. The quantitative estimate of drug-likeness (QED) is 0.332. The first-order chi connectivity index (χ1) is 15.6. The van der Waals surface area contributed by atoms with Crippen molar-refractivity contribution in [3.05, 3.63) is 49.1 Å². The molecule has 0 unspecified atom stereocenters. The van der Waals surface area contributed by atoms with Crippen molar-refractivity contribution in [2.45, 2.75) is 33.4 Å². The topological polar surface area (TPSA) is 112 Å². The van der Waals surface area contributed by atoms with Gasteiger partial charge in [0.2, 0.25) is 5.88 Å². The molecule has 11 heteroatoms. The minimum atomic E-state index is 0. The van der Waals surface area contributed by atoms with Gasteiger partial charge in [-0.15, -0.1) is 17.5 Å². The molecule has 0 saturated carbocycles. The lowest BCUT2D eigenvalue weighted by Crippen LogP contribution is -2.27. The van der Waals surface area contributed by atoms with E-state index >= 15 is 0 Å². The zero-order valence-electron chi connectivity index (χ0n) is 18.7. The summed E-state index contributed by atoms with van der Waals surface area (Å²) in [4.78, 5) is 14.6. The van der Waals surface area contributed by atoms with Crippen LogP contribution in [-0.2, 0) is 6.54 Å². The Labute approximate surface area is 198 Å². The minimum Gasteiger partial charge on any atom is -0.491 e. The molecule has 0 spiro atoms. The smallest absolute Gasteiger partial charge is 0.219 e. The van der Waals surface area contributed by atoms with Crippen LogP contribution in [0.25, 0.3) is 10.9 Å². The van der Waals surface area contributed by atoms with E-state index in [9.17, 15) is 0 Å². The number of rotatable bonds is 10. The van der Waals surface area contributed by atoms with Crippen LogP contribution in [-0.4, -0.2) is 49.1 Å². The first-order valence-corrected chi connectivity index (χ1v) is 10.5. The van der Waals surface area contributed by atoms with Gasteiger partial charge in [-0.25, -0.2) is 15.0 Å². The fourth-order valence-corrected chi connectivity index (χ4v) is 2.98. The van der Waals surface area contributed by atoms with E-state index in [0.29, 0.717) is 48.2 Å². The lowest BCUT2D eigenvalue weighted by atomic mass is 10.2. The molecule has 0 bridgehead atoms. The van der Waals surface area contributed by atoms with Crippen LogP contribution in [0.2, 0.25) is 0 Å². The summed E-state index contributed by atoms with van der Waals surface area (Å²) in [5, 5.41) is 15.8. The third-order valence-corrected chi connectivity index (χ3v) is 4.53. The lowest BCUT2D eigenvalue weighted by molar-refractivity contribution is 0.307. The number of hydrogen-bond donors (Lipinski definition) is 2. The van der Waals surface area contributed by atoms with E-state index in [2.05, 4.69) is 49.6 Å². The zero-order chi connectivity index (χ0) is 22.3. The summed E-state index contributed by atoms with van der Waals surface area (Å²) in [6.45, 7) is 8.22. The van der Waals surface area contributed by atoms with Gasteiger partial charge in [0.1, 0.15) is 30.3 Å². The van der Waals surface area contributed by atoms with E-state index in [-0.39, 0.29) is 12.4 Å². The highest BCUT2D eigenvalue weighted by Crippen LogP contribution is 2.28. The number of nitrogens with one attached hydrogen (secondary N) is 2. The average molecular weight is 471 g/mol. The third kappa shape index (κ3) is 6.50. The normalized spacial score (nSPS) is 10.8. The van der Waals surface area contributed by atoms with Crippen LogP contribution in [0.4, 0.5) is 11.6 Å². The molecule has 0 aliphatic heterocycles. The first kappa shape index (κ1) is 24.1. The molecule has 4 rings (SSSR count). The molecular formula is C22H27ClN8O2. The number of aromatic nitrogens is 6. The predicted molar refractivity (Wildman–Crippen MR) is 129 cm³/mol. The van der Waals surface area contributed by atoms with Crippen LogP contribution >= 0.6 is 12.4 Å². The van der Waals surface area contributed by atoms with Crippen LogP contribution in [0.15, 0.2) is 49.1 Å². The molecule has 0 amide bonds. The Balaban J connectivity index is 0.00000306. The van der Waals surface area contributed by atoms with Gasteiger partial charge in [-0.05, 0) is 31.2 Å². The highest BCUT2D eigenvalue weighted by molar-refractivity contribution is 5.91. The second-order valence-corrected chi connectivity index (χ2v) is 7.34. The van der Waals surface area contributed by atoms with Gasteiger partial charge in [-0.2, -0.15) is 9.90 Å². The zero-order valence-corrected chi connectivity index (χ0v) is 19.5. The Bertz CT molecular complexity index is 1170. The number of aryl methyl sites for hydroxylation is 1. The standard InChI is InChI=1S/C22H26N8O2.ClH/c1-4-30-27-13-20(29-30)28-22-18-11-16(5-7-19(18)25-14-26-22)32-21-8-6-17(12-24-21)31-10-9-23-15(2)3;/h5-8,11-15,23H,4,9-10H2,1-3H3,(H,25,26,28,29);1H. The summed E-state index contributed by atoms with van der Waals surface area (Å²) >= 11 is 0. The average Bonchev–Trinajstić information content (AvgIpc) is 3.26. The molecule has 0 fully saturated rings. The van der Waals surface area contributed by atoms with Gasteiger partial charge in [0, 0.05) is 24.0 Å². The Hall–Kier alpha value is -3.50. The predicted octanol–water partition coefficient (Wildman–Crippen LogP) is 3.97. The fraction of sp³-hybridized carbons (Fsp3) is 0.318. The molecule has 174 valence electrons. The summed E-state index contributed by atoms with van der Waals surface area (Å²) in [7, 11) is 0. The molecule has 2 N–H and O–H groups in total. The van der Waals surface area contributed by atoms with Crippen molar-refractivity contribution < 1.29 is 9.47 Å². The molecule has 0 saturated heterocycles. The SMILES string of the molecule is CCn1ncc(Nc2ncnc3ccc(Oc4ccc(OCCNC(C)C)cn4)cc23)n1.Cl. The van der Waals surface area contributed by atoms with E-state index in [4.69, 9.17) is 9.47 Å². The van der Waals surface area contributed by atoms with Crippen LogP contribution < -0.4 is 20.1 Å². The molecule has 4 aromatic rings. The second-order valence-electron chi connectivity index (χ2n) is 7.34. The van der Waals surface area contributed by atoms with Crippen LogP contribution in [0.5, 0.6) is 17.4 Å². The van der Waals surface area contributed by atoms with Crippen molar-refractivity contribution in [3.8, 4) is 17.4 Å². The highest BCUT2D eigenvalue weighted by Gasteiger charge is 2.09. The Kier molecular flexibility index (Phi) is 8.34. The summed E-state index contributed by atoms with van der Waals surface area (Å²) in [6, 6.07) is 9.63. The molecule has 3 aromatic heterocycles. The largest absolute Gasteiger partial charge is 0.491 e. The van der Waals surface area contributed by atoms with Crippen molar-refractivity contribution in [3.63, 3.8) is 0 Å². The maximum absolute atomic E-state index is 5.93. The lowest BCUT2D eigenvalue weighted by Gasteiger charge is -2.11. The Morgan fingerprint density at radius 1 is 1.03 bits per heavy atom. The van der Waals surface area contributed by atoms with Crippen molar-refractivity contribution in [1.29, 1.82) is 0 Å². The molecule has 1 aromatic carbocycles. The summed E-state index contributed by atoms with van der Waals surface area (Å²) in [5.74, 6) is 3.01. The minimum absolute atomic E-state index is 0. The number of nitrogens with zero attached hydrogens (tertiary/aromatic N) is 6. The van der Waals surface area contributed by atoms with Gasteiger partial charge in [-0.3, -0.25) is 0 Å². The van der Waals surface area contributed by atoms with E-state index in [1.165, 1.54) is 6.33 Å².